The largest absolute Gasteiger partial charge is 0.497 e. The fourth-order valence-electron chi connectivity index (χ4n) is 1.86. The van der Waals surface area contributed by atoms with Gasteiger partial charge in [0.05, 0.1) is 14.2 Å². The minimum absolute atomic E-state index is 0.295. The molecule has 0 bridgehead atoms. The van der Waals surface area contributed by atoms with Crippen LogP contribution in [-0.4, -0.2) is 39.2 Å². The van der Waals surface area contributed by atoms with Gasteiger partial charge in [0.2, 0.25) is 0 Å². The Morgan fingerprint density at radius 1 is 1.21 bits per heavy atom. The SMILES string of the molecule is COc1ccc(OC)c(/C=C/C(=O)OCC(=O)NCCC(C)C)c1. The van der Waals surface area contributed by atoms with Crippen LogP contribution >= 0.6 is 0 Å². The zero-order valence-electron chi connectivity index (χ0n) is 14.6. The lowest BCUT2D eigenvalue weighted by Crippen LogP contribution is -2.29. The van der Waals surface area contributed by atoms with Crippen molar-refractivity contribution < 1.29 is 23.8 Å². The summed E-state index contributed by atoms with van der Waals surface area (Å²) in [5, 5.41) is 2.70. The number of rotatable bonds is 9. The summed E-state index contributed by atoms with van der Waals surface area (Å²) in [6, 6.07) is 5.24. The molecule has 0 saturated heterocycles. The van der Waals surface area contributed by atoms with Crippen molar-refractivity contribution >= 4 is 18.0 Å². The van der Waals surface area contributed by atoms with Crippen molar-refractivity contribution in [2.45, 2.75) is 20.3 Å². The van der Waals surface area contributed by atoms with Crippen LogP contribution in [0.3, 0.4) is 0 Å². The van der Waals surface area contributed by atoms with E-state index in [1.165, 1.54) is 6.08 Å². The number of nitrogens with one attached hydrogen (secondary N) is 1. The highest BCUT2D eigenvalue weighted by molar-refractivity contribution is 5.89. The Balaban J connectivity index is 2.50. The van der Waals surface area contributed by atoms with E-state index in [9.17, 15) is 9.59 Å². The van der Waals surface area contributed by atoms with Crippen molar-refractivity contribution in [2.75, 3.05) is 27.4 Å². The van der Waals surface area contributed by atoms with Crippen LogP contribution in [-0.2, 0) is 14.3 Å². The first kappa shape index (κ1) is 19.5. The number of carbonyl (C=O) groups is 2. The van der Waals surface area contributed by atoms with E-state index in [1.807, 2.05) is 0 Å². The normalized spacial score (nSPS) is 10.7. The maximum atomic E-state index is 11.7. The molecular weight excluding hydrogens is 310 g/mol. The average Bonchev–Trinajstić information content (AvgIpc) is 2.57. The second-order valence-corrected chi connectivity index (χ2v) is 5.58. The summed E-state index contributed by atoms with van der Waals surface area (Å²) in [6.07, 6.45) is 3.69. The van der Waals surface area contributed by atoms with Gasteiger partial charge < -0.3 is 19.5 Å². The number of amides is 1. The van der Waals surface area contributed by atoms with E-state index in [2.05, 4.69) is 19.2 Å². The monoisotopic (exact) mass is 335 g/mol. The summed E-state index contributed by atoms with van der Waals surface area (Å²) in [5.74, 6) is 0.850. The van der Waals surface area contributed by atoms with Gasteiger partial charge in [0.15, 0.2) is 6.61 Å². The third-order valence-corrected chi connectivity index (χ3v) is 3.23. The molecule has 0 radical (unpaired) electrons. The summed E-state index contributed by atoms with van der Waals surface area (Å²) in [6.45, 7) is 4.43. The fourth-order valence-corrected chi connectivity index (χ4v) is 1.86. The molecule has 0 aliphatic rings. The van der Waals surface area contributed by atoms with E-state index < -0.39 is 5.97 Å². The predicted octanol–water partition coefficient (Wildman–Crippen LogP) is 2.42. The molecule has 0 unspecified atom stereocenters. The van der Waals surface area contributed by atoms with Gasteiger partial charge in [-0.3, -0.25) is 4.79 Å². The van der Waals surface area contributed by atoms with Gasteiger partial charge in [-0.2, -0.15) is 0 Å². The lowest BCUT2D eigenvalue weighted by Gasteiger charge is -2.08. The molecule has 6 nitrogen and oxygen atoms in total. The van der Waals surface area contributed by atoms with E-state index in [4.69, 9.17) is 14.2 Å². The van der Waals surface area contributed by atoms with E-state index >= 15 is 0 Å². The minimum atomic E-state index is -0.598. The van der Waals surface area contributed by atoms with Crippen LogP contribution in [0.4, 0.5) is 0 Å². The Bertz CT molecular complexity index is 581. The second-order valence-electron chi connectivity index (χ2n) is 5.58. The lowest BCUT2D eigenvalue weighted by molar-refractivity contribution is -0.143. The van der Waals surface area contributed by atoms with Crippen molar-refractivity contribution in [1.29, 1.82) is 0 Å². The van der Waals surface area contributed by atoms with Crippen LogP contribution < -0.4 is 14.8 Å². The topological polar surface area (TPSA) is 73.9 Å². The number of benzene rings is 1. The van der Waals surface area contributed by atoms with Gasteiger partial charge in [-0.1, -0.05) is 13.8 Å². The lowest BCUT2D eigenvalue weighted by atomic mass is 10.1. The smallest absolute Gasteiger partial charge is 0.331 e. The van der Waals surface area contributed by atoms with Crippen molar-refractivity contribution in [2.24, 2.45) is 5.92 Å². The highest BCUT2D eigenvalue weighted by atomic mass is 16.5. The van der Waals surface area contributed by atoms with Gasteiger partial charge in [-0.05, 0) is 36.6 Å². The highest BCUT2D eigenvalue weighted by Gasteiger charge is 2.06. The zero-order valence-corrected chi connectivity index (χ0v) is 14.6. The van der Waals surface area contributed by atoms with Gasteiger partial charge in [0, 0.05) is 18.2 Å². The van der Waals surface area contributed by atoms with Crippen LogP contribution in [0.25, 0.3) is 6.08 Å². The maximum Gasteiger partial charge on any atom is 0.331 e. The quantitative estimate of drug-likeness (QED) is 0.554. The Labute approximate surface area is 142 Å². The fraction of sp³-hybridized carbons (Fsp3) is 0.444. The van der Waals surface area contributed by atoms with Crippen LogP contribution in [0.2, 0.25) is 0 Å². The number of methoxy groups -OCH3 is 2. The average molecular weight is 335 g/mol. The van der Waals surface area contributed by atoms with Crippen molar-refractivity contribution in [1.82, 2.24) is 5.32 Å². The standard InChI is InChI=1S/C18H25NO5/c1-13(2)9-10-19-17(20)12-24-18(21)8-5-14-11-15(22-3)6-7-16(14)23-4/h5-8,11,13H,9-10,12H2,1-4H3,(H,19,20)/b8-5+. The third kappa shape index (κ3) is 7.17. The van der Waals surface area contributed by atoms with Gasteiger partial charge in [0.25, 0.3) is 5.91 Å². The molecule has 132 valence electrons. The highest BCUT2D eigenvalue weighted by Crippen LogP contribution is 2.25. The first-order valence-electron chi connectivity index (χ1n) is 7.79. The van der Waals surface area contributed by atoms with Crippen LogP contribution in [0.5, 0.6) is 11.5 Å². The molecule has 0 aliphatic heterocycles. The van der Waals surface area contributed by atoms with E-state index in [0.717, 1.165) is 6.42 Å². The van der Waals surface area contributed by atoms with Crippen LogP contribution in [0.15, 0.2) is 24.3 Å². The number of hydrogen-bond donors (Lipinski definition) is 1. The Kier molecular flexibility index (Phi) is 8.39. The molecule has 1 aromatic carbocycles. The van der Waals surface area contributed by atoms with Crippen LogP contribution in [0.1, 0.15) is 25.8 Å². The van der Waals surface area contributed by atoms with Crippen molar-refractivity contribution in [3.63, 3.8) is 0 Å². The third-order valence-electron chi connectivity index (χ3n) is 3.23. The second kappa shape index (κ2) is 10.3. The Morgan fingerprint density at radius 2 is 1.96 bits per heavy atom. The molecule has 0 heterocycles. The molecule has 0 aromatic heterocycles. The number of hydrogen-bond acceptors (Lipinski definition) is 5. The van der Waals surface area contributed by atoms with Gasteiger partial charge in [-0.15, -0.1) is 0 Å². The molecule has 0 atom stereocenters. The Morgan fingerprint density at radius 3 is 2.58 bits per heavy atom. The zero-order chi connectivity index (χ0) is 17.9. The molecule has 24 heavy (non-hydrogen) atoms. The summed E-state index contributed by atoms with van der Waals surface area (Å²) in [5.41, 5.74) is 0.676. The van der Waals surface area contributed by atoms with E-state index in [1.54, 1.807) is 38.5 Å². The first-order chi connectivity index (χ1) is 11.5. The molecule has 1 rings (SSSR count). The molecule has 1 amide bonds. The molecule has 0 aliphatic carbocycles. The van der Waals surface area contributed by atoms with Gasteiger partial charge in [0.1, 0.15) is 11.5 Å². The van der Waals surface area contributed by atoms with Gasteiger partial charge in [-0.25, -0.2) is 4.79 Å². The number of ether oxygens (including phenoxy) is 3. The van der Waals surface area contributed by atoms with Gasteiger partial charge >= 0.3 is 5.97 Å². The van der Waals surface area contributed by atoms with E-state index in [-0.39, 0.29) is 12.5 Å². The Hall–Kier alpha value is -2.50. The molecular formula is C18H25NO5. The molecule has 6 heteroatoms. The molecule has 1 N–H and O–H groups in total. The summed E-state index contributed by atoms with van der Waals surface area (Å²) >= 11 is 0. The van der Waals surface area contributed by atoms with Crippen molar-refractivity contribution in [3.8, 4) is 11.5 Å². The molecule has 0 fully saturated rings. The minimum Gasteiger partial charge on any atom is -0.497 e. The van der Waals surface area contributed by atoms with E-state index in [0.29, 0.717) is 29.5 Å². The summed E-state index contributed by atoms with van der Waals surface area (Å²) in [7, 11) is 3.10. The predicted molar refractivity (Wildman–Crippen MR) is 92.0 cm³/mol. The number of esters is 1. The molecule has 0 spiro atoms. The van der Waals surface area contributed by atoms with Crippen molar-refractivity contribution in [3.05, 3.63) is 29.8 Å². The summed E-state index contributed by atoms with van der Waals surface area (Å²) in [4.78, 5) is 23.2. The summed E-state index contributed by atoms with van der Waals surface area (Å²) < 4.78 is 15.3. The van der Waals surface area contributed by atoms with Crippen LogP contribution in [0, 0.1) is 5.92 Å². The maximum absolute atomic E-state index is 11.7. The number of carbonyl (C=O) groups excluding carboxylic acids is 2. The molecule has 1 aromatic rings. The first-order valence-corrected chi connectivity index (χ1v) is 7.79. The molecule has 0 saturated carbocycles.